The number of likely N-dealkylation sites (tertiary alicyclic amines) is 1. The van der Waals surface area contributed by atoms with E-state index in [0.717, 1.165) is 36.7 Å². The molecule has 1 saturated heterocycles. The van der Waals surface area contributed by atoms with E-state index in [9.17, 15) is 4.79 Å². The largest absolute Gasteiger partial charge is 0.457 e. The van der Waals surface area contributed by atoms with E-state index < -0.39 is 0 Å². The van der Waals surface area contributed by atoms with Crippen molar-refractivity contribution in [3.8, 4) is 11.5 Å². The van der Waals surface area contributed by atoms with Gasteiger partial charge in [-0.05, 0) is 75.0 Å². The van der Waals surface area contributed by atoms with Crippen molar-refractivity contribution in [3.63, 3.8) is 0 Å². The number of piperidine rings is 1. The molecule has 0 bridgehead atoms. The Hall–Kier alpha value is -3.11. The van der Waals surface area contributed by atoms with Crippen LogP contribution in [0.1, 0.15) is 33.8 Å². The Balaban J connectivity index is 1.43. The average Bonchev–Trinajstić information content (AvgIpc) is 3.07. The van der Waals surface area contributed by atoms with Gasteiger partial charge in [0.05, 0.1) is 0 Å². The molecule has 4 heteroatoms. The fraction of sp³-hybridized carbons (Fsp3) is 0.269. The van der Waals surface area contributed by atoms with E-state index in [1.54, 1.807) is 0 Å². The lowest BCUT2D eigenvalue weighted by Crippen LogP contribution is -2.47. The molecule has 2 aliphatic heterocycles. The summed E-state index contributed by atoms with van der Waals surface area (Å²) in [4.78, 5) is 18.0. The zero-order valence-electron chi connectivity index (χ0n) is 17.4. The zero-order chi connectivity index (χ0) is 20.7. The van der Waals surface area contributed by atoms with Crippen molar-refractivity contribution in [2.24, 2.45) is 0 Å². The summed E-state index contributed by atoms with van der Waals surface area (Å²) in [7, 11) is 2.17. The van der Waals surface area contributed by atoms with Crippen molar-refractivity contribution in [3.05, 3.63) is 89.5 Å². The molecular formula is C26H26N2O2. The standard InChI is InChI=1S/C26H26N2O2/c1-18-8-13-24-22(16-18)23-17-27(2)15-14-25(23)28(24)26(29)19-9-11-21(12-10-19)30-20-6-4-3-5-7-20/h3-13,16,23,25H,14-15,17H2,1-2H3/t23-,25+/m0/s1. The molecule has 1 fully saturated rings. The topological polar surface area (TPSA) is 32.8 Å². The number of hydrogen-bond donors (Lipinski definition) is 0. The minimum atomic E-state index is 0.0726. The van der Waals surface area contributed by atoms with Crippen molar-refractivity contribution in [2.45, 2.75) is 25.3 Å². The molecule has 0 radical (unpaired) electrons. The Bertz CT molecular complexity index is 1060. The summed E-state index contributed by atoms with van der Waals surface area (Å²) in [6.07, 6.45) is 0.996. The van der Waals surface area contributed by atoms with E-state index in [0.29, 0.717) is 11.5 Å². The summed E-state index contributed by atoms with van der Waals surface area (Å²) >= 11 is 0. The minimum absolute atomic E-state index is 0.0726. The summed E-state index contributed by atoms with van der Waals surface area (Å²) in [6, 6.07) is 23.9. The van der Waals surface area contributed by atoms with Crippen LogP contribution in [-0.4, -0.2) is 37.0 Å². The Labute approximate surface area is 177 Å². The first-order valence-corrected chi connectivity index (χ1v) is 10.6. The molecule has 1 amide bonds. The van der Waals surface area contributed by atoms with E-state index in [1.165, 1.54) is 11.1 Å². The molecule has 0 saturated carbocycles. The SMILES string of the molecule is Cc1ccc2c(c1)[C@@H]1CN(C)CC[C@H]1N2C(=O)c1ccc(Oc2ccccc2)cc1. The quantitative estimate of drug-likeness (QED) is 0.605. The molecule has 4 nitrogen and oxygen atoms in total. The Morgan fingerprint density at radius 1 is 0.967 bits per heavy atom. The van der Waals surface area contributed by atoms with Crippen LogP contribution in [0.25, 0.3) is 0 Å². The smallest absolute Gasteiger partial charge is 0.258 e. The van der Waals surface area contributed by atoms with Gasteiger partial charge >= 0.3 is 0 Å². The summed E-state index contributed by atoms with van der Waals surface area (Å²) in [5.74, 6) is 1.97. The lowest BCUT2D eigenvalue weighted by Gasteiger charge is -2.36. The maximum atomic E-state index is 13.6. The maximum absolute atomic E-state index is 13.6. The fourth-order valence-corrected chi connectivity index (χ4v) is 4.78. The third-order valence-corrected chi connectivity index (χ3v) is 6.25. The number of carbonyl (C=O) groups excluding carboxylic acids is 1. The van der Waals surface area contributed by atoms with Crippen LogP contribution in [-0.2, 0) is 0 Å². The normalized spacial score (nSPS) is 20.5. The second-order valence-electron chi connectivity index (χ2n) is 8.40. The van der Waals surface area contributed by atoms with Gasteiger partial charge in [-0.15, -0.1) is 0 Å². The van der Waals surface area contributed by atoms with E-state index in [1.807, 2.05) is 59.5 Å². The highest BCUT2D eigenvalue weighted by molar-refractivity contribution is 6.08. The molecule has 0 unspecified atom stereocenters. The third-order valence-electron chi connectivity index (χ3n) is 6.25. The second-order valence-corrected chi connectivity index (χ2v) is 8.40. The maximum Gasteiger partial charge on any atom is 0.258 e. The van der Waals surface area contributed by atoms with Crippen LogP contribution in [0.5, 0.6) is 11.5 Å². The number of anilines is 1. The molecule has 0 spiro atoms. The number of rotatable bonds is 3. The summed E-state index contributed by atoms with van der Waals surface area (Å²) < 4.78 is 5.88. The van der Waals surface area contributed by atoms with Crippen molar-refractivity contribution in [1.82, 2.24) is 4.90 Å². The van der Waals surface area contributed by atoms with Gasteiger partial charge in [0.15, 0.2) is 0 Å². The summed E-state index contributed by atoms with van der Waals surface area (Å²) in [6.45, 7) is 4.13. The molecule has 152 valence electrons. The first-order chi connectivity index (χ1) is 14.6. The van der Waals surface area contributed by atoms with Crippen LogP contribution in [0.3, 0.4) is 0 Å². The van der Waals surface area contributed by atoms with Crippen molar-refractivity contribution in [1.29, 1.82) is 0 Å². The second kappa shape index (κ2) is 7.62. The monoisotopic (exact) mass is 398 g/mol. The molecule has 30 heavy (non-hydrogen) atoms. The van der Waals surface area contributed by atoms with Crippen LogP contribution in [0.2, 0.25) is 0 Å². The molecule has 3 aromatic carbocycles. The van der Waals surface area contributed by atoms with Crippen molar-refractivity contribution in [2.75, 3.05) is 25.0 Å². The highest BCUT2D eigenvalue weighted by atomic mass is 16.5. The van der Waals surface area contributed by atoms with E-state index in [2.05, 4.69) is 37.1 Å². The van der Waals surface area contributed by atoms with Gasteiger partial charge in [0.1, 0.15) is 11.5 Å². The van der Waals surface area contributed by atoms with Crippen LogP contribution in [0.15, 0.2) is 72.8 Å². The van der Waals surface area contributed by atoms with Gasteiger partial charge in [-0.2, -0.15) is 0 Å². The number of nitrogens with zero attached hydrogens (tertiary/aromatic N) is 2. The number of amides is 1. The zero-order valence-corrected chi connectivity index (χ0v) is 17.4. The van der Waals surface area contributed by atoms with E-state index in [-0.39, 0.29) is 11.9 Å². The van der Waals surface area contributed by atoms with Crippen LogP contribution in [0.4, 0.5) is 5.69 Å². The van der Waals surface area contributed by atoms with Gasteiger partial charge in [-0.3, -0.25) is 4.79 Å². The van der Waals surface area contributed by atoms with Gasteiger partial charge < -0.3 is 14.5 Å². The van der Waals surface area contributed by atoms with Gasteiger partial charge in [-0.25, -0.2) is 0 Å². The lowest BCUT2D eigenvalue weighted by molar-refractivity contribution is 0.0964. The van der Waals surface area contributed by atoms with Gasteiger partial charge in [0, 0.05) is 29.8 Å². The first-order valence-electron chi connectivity index (χ1n) is 10.6. The predicted octanol–water partition coefficient (Wildman–Crippen LogP) is 5.24. The van der Waals surface area contributed by atoms with Gasteiger partial charge in [-0.1, -0.05) is 35.9 Å². The number of benzene rings is 3. The molecule has 2 aliphatic rings. The molecule has 0 N–H and O–H groups in total. The van der Waals surface area contributed by atoms with Crippen LogP contribution < -0.4 is 9.64 Å². The number of likely N-dealkylation sites (N-methyl/N-ethyl adjacent to an activating group) is 1. The Morgan fingerprint density at radius 3 is 2.47 bits per heavy atom. The number of aryl methyl sites for hydroxylation is 1. The highest BCUT2D eigenvalue weighted by Crippen LogP contribution is 2.45. The molecule has 5 rings (SSSR count). The van der Waals surface area contributed by atoms with Crippen LogP contribution >= 0.6 is 0 Å². The third kappa shape index (κ3) is 3.37. The molecule has 0 aliphatic carbocycles. The van der Waals surface area contributed by atoms with Crippen molar-refractivity contribution >= 4 is 11.6 Å². The number of ether oxygens (including phenoxy) is 1. The first kappa shape index (κ1) is 18.9. The van der Waals surface area contributed by atoms with Crippen molar-refractivity contribution < 1.29 is 9.53 Å². The highest BCUT2D eigenvalue weighted by Gasteiger charge is 2.44. The van der Waals surface area contributed by atoms with E-state index in [4.69, 9.17) is 4.74 Å². The Morgan fingerprint density at radius 2 is 1.70 bits per heavy atom. The lowest BCUT2D eigenvalue weighted by atomic mass is 9.88. The molecule has 2 heterocycles. The van der Waals surface area contributed by atoms with Gasteiger partial charge in [0.25, 0.3) is 5.91 Å². The number of carbonyl (C=O) groups is 1. The molecular weight excluding hydrogens is 372 g/mol. The van der Waals surface area contributed by atoms with Gasteiger partial charge in [0.2, 0.25) is 0 Å². The number of hydrogen-bond acceptors (Lipinski definition) is 3. The molecule has 0 aromatic heterocycles. The molecule has 3 aromatic rings. The molecule has 2 atom stereocenters. The Kier molecular flexibility index (Phi) is 4.80. The summed E-state index contributed by atoms with van der Waals surface area (Å²) in [5, 5.41) is 0. The minimum Gasteiger partial charge on any atom is -0.457 e. The fourth-order valence-electron chi connectivity index (χ4n) is 4.78. The average molecular weight is 399 g/mol. The number of fused-ring (bicyclic) bond motifs is 3. The summed E-state index contributed by atoms with van der Waals surface area (Å²) in [5.41, 5.74) is 4.32. The number of para-hydroxylation sites is 1. The predicted molar refractivity (Wildman–Crippen MR) is 120 cm³/mol. The van der Waals surface area contributed by atoms with Crippen LogP contribution in [0, 0.1) is 6.92 Å². The van der Waals surface area contributed by atoms with E-state index >= 15 is 0 Å².